The van der Waals surface area contributed by atoms with Crippen LogP contribution in [0.25, 0.3) is 0 Å². The molecule has 1 aromatic heterocycles. The molecule has 0 bridgehead atoms. The Kier molecular flexibility index (Phi) is 4.98. The van der Waals surface area contributed by atoms with E-state index >= 15 is 0 Å². The molecule has 3 amide bonds. The Morgan fingerprint density at radius 3 is 2.84 bits per heavy atom. The van der Waals surface area contributed by atoms with Crippen molar-refractivity contribution in [1.29, 1.82) is 0 Å². The maximum absolute atomic E-state index is 13.6. The number of nitrogens with zero attached hydrogens (tertiary/aromatic N) is 2. The number of halogens is 2. The number of aromatic nitrogens is 2. The van der Waals surface area contributed by atoms with E-state index in [9.17, 15) is 18.4 Å². The molecular weight excluding hydrogens is 354 g/mol. The fraction of sp³-hybridized carbons (Fsp3) is 0.333. The summed E-state index contributed by atoms with van der Waals surface area (Å²) in [5, 5.41) is 12.6. The molecule has 0 saturated carbocycles. The smallest absolute Gasteiger partial charge is 0.321 e. The zero-order chi connectivity index (χ0) is 18.0. The molecule has 2 atom stereocenters. The molecule has 2 aromatic rings. The van der Waals surface area contributed by atoms with E-state index in [1.807, 2.05) is 0 Å². The average Bonchev–Trinajstić information content (AvgIpc) is 2.99. The van der Waals surface area contributed by atoms with Crippen LogP contribution < -0.4 is 10.6 Å². The summed E-state index contributed by atoms with van der Waals surface area (Å²) < 4.78 is 32.2. The van der Waals surface area contributed by atoms with Crippen molar-refractivity contribution in [3.05, 3.63) is 41.3 Å². The van der Waals surface area contributed by atoms with E-state index in [4.69, 9.17) is 4.42 Å². The van der Waals surface area contributed by atoms with Crippen molar-refractivity contribution < 1.29 is 22.8 Å². The number of benzene rings is 1. The van der Waals surface area contributed by atoms with Crippen molar-refractivity contribution >= 4 is 23.7 Å². The fourth-order valence-corrected chi connectivity index (χ4v) is 3.16. The number of thioether (sulfide) groups is 1. The number of nitrogens with one attached hydrogen (secondary N) is 2. The summed E-state index contributed by atoms with van der Waals surface area (Å²) >= 11 is 1.06. The Morgan fingerprint density at radius 2 is 2.08 bits per heavy atom. The summed E-state index contributed by atoms with van der Waals surface area (Å²) in [5.74, 6) is -1.63. The maximum atomic E-state index is 13.6. The number of hydrogen-bond acceptors (Lipinski definition) is 6. The SMILES string of the molecule is CC1NC(=O)NC(=O)C1Cc1nnc(SCc2cc(F)ccc2F)o1. The van der Waals surface area contributed by atoms with Crippen molar-refractivity contribution in [2.24, 2.45) is 5.92 Å². The Labute approximate surface area is 145 Å². The molecule has 1 aromatic carbocycles. The lowest BCUT2D eigenvalue weighted by atomic mass is 9.95. The molecule has 1 aliphatic rings. The van der Waals surface area contributed by atoms with Gasteiger partial charge < -0.3 is 9.73 Å². The highest BCUT2D eigenvalue weighted by Crippen LogP contribution is 2.24. The highest BCUT2D eigenvalue weighted by molar-refractivity contribution is 7.98. The number of carbonyl (C=O) groups excluding carboxylic acids is 2. The maximum Gasteiger partial charge on any atom is 0.321 e. The highest BCUT2D eigenvalue weighted by atomic mass is 32.2. The van der Waals surface area contributed by atoms with Crippen molar-refractivity contribution in [2.75, 3.05) is 0 Å². The molecule has 2 heterocycles. The largest absolute Gasteiger partial charge is 0.416 e. The van der Waals surface area contributed by atoms with Gasteiger partial charge in [0.15, 0.2) is 0 Å². The lowest BCUT2D eigenvalue weighted by molar-refractivity contribution is -0.125. The number of rotatable bonds is 5. The van der Waals surface area contributed by atoms with E-state index in [1.165, 1.54) is 0 Å². The van der Waals surface area contributed by atoms with Gasteiger partial charge >= 0.3 is 6.03 Å². The van der Waals surface area contributed by atoms with Gasteiger partial charge in [-0.1, -0.05) is 11.8 Å². The molecule has 1 saturated heterocycles. The van der Waals surface area contributed by atoms with Crippen LogP contribution in [0.3, 0.4) is 0 Å². The molecule has 2 unspecified atom stereocenters. The Hall–Kier alpha value is -2.49. The summed E-state index contributed by atoms with van der Waals surface area (Å²) in [7, 11) is 0. The quantitative estimate of drug-likeness (QED) is 0.784. The predicted octanol–water partition coefficient (Wildman–Crippen LogP) is 2.03. The summed E-state index contributed by atoms with van der Waals surface area (Å²) in [5.41, 5.74) is 0.188. The fourth-order valence-electron chi connectivity index (χ4n) is 2.41. The lowest BCUT2D eigenvalue weighted by Crippen LogP contribution is -2.57. The van der Waals surface area contributed by atoms with E-state index in [2.05, 4.69) is 20.8 Å². The number of urea groups is 1. The molecule has 0 aliphatic carbocycles. The topological polar surface area (TPSA) is 97.1 Å². The second-order valence-electron chi connectivity index (χ2n) is 5.55. The van der Waals surface area contributed by atoms with Crippen LogP contribution in [-0.4, -0.2) is 28.2 Å². The van der Waals surface area contributed by atoms with Gasteiger partial charge in [0.05, 0.1) is 5.92 Å². The standard InChI is InChI=1S/C15H14F2N4O3S/c1-7-10(13(22)19-14(23)18-7)5-12-20-21-15(24-12)25-6-8-4-9(16)2-3-11(8)17/h2-4,7,10H,5-6H2,1H3,(H2,18,19,22,23). The summed E-state index contributed by atoms with van der Waals surface area (Å²) in [4.78, 5) is 23.1. The zero-order valence-electron chi connectivity index (χ0n) is 13.1. The highest BCUT2D eigenvalue weighted by Gasteiger charge is 2.34. The second kappa shape index (κ2) is 7.18. The minimum absolute atomic E-state index is 0.127. The van der Waals surface area contributed by atoms with Gasteiger partial charge in [-0.3, -0.25) is 10.1 Å². The summed E-state index contributed by atoms with van der Waals surface area (Å²) in [6, 6.07) is 2.31. The van der Waals surface area contributed by atoms with Gasteiger partial charge in [0.1, 0.15) is 11.6 Å². The first-order chi connectivity index (χ1) is 11.9. The minimum Gasteiger partial charge on any atom is -0.416 e. The van der Waals surface area contributed by atoms with Crippen LogP contribution in [-0.2, 0) is 17.0 Å². The lowest BCUT2D eigenvalue weighted by Gasteiger charge is -2.27. The Bertz CT molecular complexity index is 814. The second-order valence-corrected chi connectivity index (χ2v) is 6.47. The number of amides is 3. The third-order valence-corrected chi connectivity index (χ3v) is 4.60. The molecule has 1 aliphatic heterocycles. The van der Waals surface area contributed by atoms with Gasteiger partial charge in [0.25, 0.3) is 5.22 Å². The van der Waals surface area contributed by atoms with Crippen LogP contribution in [0.1, 0.15) is 18.4 Å². The minimum atomic E-state index is -0.535. The van der Waals surface area contributed by atoms with E-state index in [0.29, 0.717) is 0 Å². The third-order valence-electron chi connectivity index (χ3n) is 3.74. The van der Waals surface area contributed by atoms with Gasteiger partial charge in [-0.2, -0.15) is 0 Å². The molecule has 0 spiro atoms. The molecule has 7 nitrogen and oxygen atoms in total. The van der Waals surface area contributed by atoms with Crippen molar-refractivity contribution in [1.82, 2.24) is 20.8 Å². The Balaban J connectivity index is 1.61. The normalized spacial score (nSPS) is 20.3. The van der Waals surface area contributed by atoms with Gasteiger partial charge in [0.2, 0.25) is 11.8 Å². The third kappa shape index (κ3) is 4.13. The monoisotopic (exact) mass is 368 g/mol. The Morgan fingerprint density at radius 1 is 1.28 bits per heavy atom. The van der Waals surface area contributed by atoms with Crippen LogP contribution in [0, 0.1) is 17.6 Å². The molecule has 25 heavy (non-hydrogen) atoms. The van der Waals surface area contributed by atoms with Crippen molar-refractivity contribution in [2.45, 2.75) is 30.4 Å². The first-order valence-corrected chi connectivity index (χ1v) is 8.41. The van der Waals surface area contributed by atoms with Crippen LogP contribution in [0.2, 0.25) is 0 Å². The summed E-state index contributed by atoms with van der Waals surface area (Å²) in [6.07, 6.45) is 0.162. The van der Waals surface area contributed by atoms with Gasteiger partial charge in [-0.15, -0.1) is 10.2 Å². The molecule has 0 radical (unpaired) electrons. The average molecular weight is 368 g/mol. The zero-order valence-corrected chi connectivity index (χ0v) is 13.9. The number of imide groups is 1. The molecular formula is C15H14F2N4O3S. The van der Waals surface area contributed by atoms with Crippen LogP contribution in [0.15, 0.2) is 27.8 Å². The van der Waals surface area contributed by atoms with Gasteiger partial charge in [-0.25, -0.2) is 13.6 Å². The number of carbonyl (C=O) groups is 2. The molecule has 2 N–H and O–H groups in total. The molecule has 3 rings (SSSR count). The van der Waals surface area contributed by atoms with Gasteiger partial charge in [-0.05, 0) is 25.1 Å². The predicted molar refractivity (Wildman–Crippen MR) is 83.5 cm³/mol. The molecule has 10 heteroatoms. The van der Waals surface area contributed by atoms with Crippen LogP contribution >= 0.6 is 11.8 Å². The first kappa shape index (κ1) is 17.3. The number of hydrogen-bond donors (Lipinski definition) is 2. The van der Waals surface area contributed by atoms with E-state index in [0.717, 1.165) is 30.0 Å². The van der Waals surface area contributed by atoms with E-state index in [1.54, 1.807) is 6.92 Å². The van der Waals surface area contributed by atoms with E-state index in [-0.39, 0.29) is 34.9 Å². The van der Waals surface area contributed by atoms with Crippen molar-refractivity contribution in [3.8, 4) is 0 Å². The molecule has 1 fully saturated rings. The van der Waals surface area contributed by atoms with E-state index < -0.39 is 29.5 Å². The van der Waals surface area contributed by atoms with Gasteiger partial charge in [0, 0.05) is 23.8 Å². The van der Waals surface area contributed by atoms with Crippen LogP contribution in [0.4, 0.5) is 13.6 Å². The molecule has 132 valence electrons. The van der Waals surface area contributed by atoms with Crippen molar-refractivity contribution in [3.63, 3.8) is 0 Å². The summed E-state index contributed by atoms with van der Waals surface area (Å²) in [6.45, 7) is 1.71. The van der Waals surface area contributed by atoms with Crippen LogP contribution in [0.5, 0.6) is 0 Å². The first-order valence-electron chi connectivity index (χ1n) is 7.43.